The number of nitrogens with zero attached hydrogens (tertiary/aromatic N) is 3. The average molecular weight is 679 g/mol. The number of carbonyl (C=O) groups is 1. The molecule has 0 bridgehead atoms. The fraction of sp³-hybridized carbons (Fsp3) is 0.321. The minimum Gasteiger partial charge on any atom is -0.497 e. The van der Waals surface area contributed by atoms with Crippen LogP contribution < -0.4 is 29.1 Å². The summed E-state index contributed by atoms with van der Waals surface area (Å²) in [5.41, 5.74) is 2.06. The van der Waals surface area contributed by atoms with Crippen LogP contribution in [0.25, 0.3) is 6.08 Å². The molecule has 2 heterocycles. The largest absolute Gasteiger partial charge is 0.497 e. The number of fused-ring (bicyclic) bond motifs is 1. The molecule has 1 aliphatic rings. The second kappa shape index (κ2) is 12.1. The van der Waals surface area contributed by atoms with Gasteiger partial charge in [-0.15, -0.1) is 0 Å². The number of likely N-dealkylation sites (N-methyl/N-ethyl adjacent to an activating group) is 1. The Morgan fingerprint density at radius 1 is 1.10 bits per heavy atom. The highest BCUT2D eigenvalue weighted by Crippen LogP contribution is 2.38. The zero-order valence-electron chi connectivity index (χ0n) is 22.5. The summed E-state index contributed by atoms with van der Waals surface area (Å²) in [6, 6.07) is 8.36. The van der Waals surface area contributed by atoms with Crippen LogP contribution in [0.4, 0.5) is 0 Å². The summed E-state index contributed by atoms with van der Waals surface area (Å²) in [4.78, 5) is 34.9. The number of amides is 1. The van der Waals surface area contributed by atoms with Gasteiger partial charge in [0.15, 0.2) is 4.80 Å². The van der Waals surface area contributed by atoms with E-state index in [0.717, 1.165) is 14.5 Å². The number of thiazole rings is 1. The minimum absolute atomic E-state index is 0.178. The van der Waals surface area contributed by atoms with E-state index in [1.807, 2.05) is 39.0 Å². The molecule has 4 rings (SSSR count). The molecule has 2 aromatic carbocycles. The maximum absolute atomic E-state index is 14.1. The van der Waals surface area contributed by atoms with Crippen LogP contribution in [0.15, 0.2) is 60.3 Å². The van der Waals surface area contributed by atoms with Gasteiger partial charge in [-0.3, -0.25) is 14.2 Å². The van der Waals surface area contributed by atoms with Crippen molar-refractivity contribution in [2.75, 3.05) is 34.4 Å². The number of carbonyl (C=O) groups excluding carboxylic acids is 1. The van der Waals surface area contributed by atoms with Crippen LogP contribution in [0.5, 0.6) is 17.2 Å². The van der Waals surface area contributed by atoms with Gasteiger partial charge in [-0.05, 0) is 73.1 Å². The lowest BCUT2D eigenvalue weighted by Crippen LogP contribution is -2.43. The molecule has 0 aliphatic carbocycles. The molecular weight excluding hydrogens is 650 g/mol. The molecule has 11 heteroatoms. The summed E-state index contributed by atoms with van der Waals surface area (Å²) in [6.07, 6.45) is 1.78. The normalized spacial score (nSPS) is 15.1. The van der Waals surface area contributed by atoms with Crippen molar-refractivity contribution < 1.29 is 19.0 Å². The molecule has 1 aliphatic heterocycles. The molecule has 1 aromatic heterocycles. The first-order valence-electron chi connectivity index (χ1n) is 12.3. The Balaban J connectivity index is 2.06. The van der Waals surface area contributed by atoms with Crippen molar-refractivity contribution in [2.24, 2.45) is 4.99 Å². The van der Waals surface area contributed by atoms with E-state index in [1.54, 1.807) is 49.0 Å². The number of aromatic nitrogens is 1. The van der Waals surface area contributed by atoms with Crippen LogP contribution in [-0.4, -0.2) is 49.8 Å². The van der Waals surface area contributed by atoms with Crippen molar-refractivity contribution in [3.8, 4) is 17.2 Å². The minimum atomic E-state index is -0.766. The molecule has 0 saturated heterocycles. The molecule has 1 atom stereocenters. The Morgan fingerprint density at radius 2 is 1.82 bits per heavy atom. The number of hydrogen-bond donors (Lipinski definition) is 0. The Kier molecular flexibility index (Phi) is 9.03. The third-order valence-electron chi connectivity index (χ3n) is 6.56. The van der Waals surface area contributed by atoms with E-state index >= 15 is 0 Å². The van der Waals surface area contributed by atoms with Crippen molar-refractivity contribution in [1.82, 2.24) is 9.47 Å². The summed E-state index contributed by atoms with van der Waals surface area (Å²) in [5, 5.41) is 0. The number of halogens is 2. The van der Waals surface area contributed by atoms with Gasteiger partial charge in [0.1, 0.15) is 23.3 Å². The Morgan fingerprint density at radius 3 is 2.44 bits per heavy atom. The molecule has 39 heavy (non-hydrogen) atoms. The fourth-order valence-corrected chi connectivity index (χ4v) is 7.13. The molecule has 0 saturated carbocycles. The zero-order chi connectivity index (χ0) is 28.4. The van der Waals surface area contributed by atoms with E-state index in [0.29, 0.717) is 56.5 Å². The maximum Gasteiger partial charge on any atom is 0.271 e. The number of rotatable bonds is 8. The molecule has 0 radical (unpaired) electrons. The highest BCUT2D eigenvalue weighted by molar-refractivity contribution is 9.11. The van der Waals surface area contributed by atoms with Gasteiger partial charge in [0.05, 0.1) is 41.6 Å². The van der Waals surface area contributed by atoms with Crippen molar-refractivity contribution in [3.63, 3.8) is 0 Å². The number of hydrogen-bond acceptors (Lipinski definition) is 7. The number of benzene rings is 2. The quantitative estimate of drug-likeness (QED) is 0.347. The first kappa shape index (κ1) is 29.1. The topological polar surface area (TPSA) is 82.4 Å². The standard InChI is InChI=1S/C28H29Br2N3O5S/c1-7-32(8-2)27(35)23-15(3)31-28-33(24(23)19-14-18(36-4)9-10-21(19)37-5)26(34)22(39-28)12-16-11-17(29)13-20(30)25(16)38-6/h9-14,24H,7-8H2,1-6H3/b22-12+/t24-/m0/s1. The molecule has 8 nitrogen and oxygen atoms in total. The van der Waals surface area contributed by atoms with Crippen LogP contribution in [0.2, 0.25) is 0 Å². The molecule has 206 valence electrons. The summed E-state index contributed by atoms with van der Waals surface area (Å²) in [5.74, 6) is 1.54. The molecule has 0 unspecified atom stereocenters. The van der Waals surface area contributed by atoms with Crippen molar-refractivity contribution in [1.29, 1.82) is 0 Å². The predicted molar refractivity (Wildman–Crippen MR) is 160 cm³/mol. The van der Waals surface area contributed by atoms with Crippen LogP contribution >= 0.6 is 43.2 Å². The van der Waals surface area contributed by atoms with Crippen LogP contribution in [-0.2, 0) is 4.79 Å². The van der Waals surface area contributed by atoms with E-state index in [-0.39, 0.29) is 11.5 Å². The second-order valence-corrected chi connectivity index (χ2v) is 11.5. The number of allylic oxidation sites excluding steroid dienone is 1. The van der Waals surface area contributed by atoms with E-state index in [1.165, 1.54) is 11.3 Å². The summed E-state index contributed by atoms with van der Waals surface area (Å²) < 4.78 is 20.4. The van der Waals surface area contributed by atoms with E-state index in [9.17, 15) is 9.59 Å². The smallest absolute Gasteiger partial charge is 0.271 e. The van der Waals surface area contributed by atoms with Gasteiger partial charge in [-0.25, -0.2) is 4.99 Å². The molecular formula is C28H29Br2N3O5S. The van der Waals surface area contributed by atoms with Crippen molar-refractivity contribution in [2.45, 2.75) is 26.8 Å². The van der Waals surface area contributed by atoms with Gasteiger partial charge in [0.2, 0.25) is 0 Å². The Bertz CT molecular complexity index is 1640. The van der Waals surface area contributed by atoms with Crippen LogP contribution in [0.1, 0.15) is 37.9 Å². The number of methoxy groups -OCH3 is 3. The monoisotopic (exact) mass is 677 g/mol. The third-order valence-corrected chi connectivity index (χ3v) is 8.59. The zero-order valence-corrected chi connectivity index (χ0v) is 26.5. The maximum atomic E-state index is 14.1. The second-order valence-electron chi connectivity index (χ2n) is 8.68. The van der Waals surface area contributed by atoms with Gasteiger partial charge in [-0.1, -0.05) is 27.3 Å². The molecule has 0 fully saturated rings. The number of ether oxygens (including phenoxy) is 3. The SMILES string of the molecule is CCN(CC)C(=O)C1=C(C)N=c2s/c(=C/c3cc(Br)cc(Br)c3OC)c(=O)n2[C@H]1c1cc(OC)ccc1OC. The highest BCUT2D eigenvalue weighted by Gasteiger charge is 2.36. The Labute approximate surface area is 247 Å². The molecule has 3 aromatic rings. The summed E-state index contributed by atoms with van der Waals surface area (Å²) in [6.45, 7) is 6.71. The third kappa shape index (κ3) is 5.44. The lowest BCUT2D eigenvalue weighted by atomic mass is 9.93. The van der Waals surface area contributed by atoms with Gasteiger partial charge >= 0.3 is 0 Å². The first-order valence-corrected chi connectivity index (χ1v) is 14.7. The van der Waals surface area contributed by atoms with E-state index < -0.39 is 6.04 Å². The lowest BCUT2D eigenvalue weighted by molar-refractivity contribution is -0.127. The average Bonchev–Trinajstić information content (AvgIpc) is 3.21. The van der Waals surface area contributed by atoms with Crippen LogP contribution in [0, 0.1) is 0 Å². The van der Waals surface area contributed by atoms with Crippen molar-refractivity contribution >= 4 is 55.2 Å². The summed E-state index contributed by atoms with van der Waals surface area (Å²) >= 11 is 8.30. The molecule has 1 amide bonds. The van der Waals surface area contributed by atoms with Crippen LogP contribution in [0.3, 0.4) is 0 Å². The predicted octanol–water partition coefficient (Wildman–Crippen LogP) is 4.65. The molecule has 0 N–H and O–H groups in total. The Hall–Kier alpha value is -2.89. The first-order chi connectivity index (χ1) is 18.7. The van der Waals surface area contributed by atoms with Gasteiger partial charge in [0, 0.05) is 28.7 Å². The van der Waals surface area contributed by atoms with Crippen molar-refractivity contribution in [3.05, 3.63) is 81.4 Å². The highest BCUT2D eigenvalue weighted by atomic mass is 79.9. The molecule has 0 spiro atoms. The van der Waals surface area contributed by atoms with Gasteiger partial charge in [-0.2, -0.15) is 0 Å². The van der Waals surface area contributed by atoms with Gasteiger partial charge < -0.3 is 19.1 Å². The summed E-state index contributed by atoms with van der Waals surface area (Å²) in [7, 11) is 4.72. The fourth-order valence-electron chi connectivity index (χ4n) is 4.67. The van der Waals surface area contributed by atoms with E-state index in [2.05, 4.69) is 31.9 Å². The van der Waals surface area contributed by atoms with E-state index in [4.69, 9.17) is 19.2 Å². The van der Waals surface area contributed by atoms with Gasteiger partial charge in [0.25, 0.3) is 11.5 Å². The lowest BCUT2D eigenvalue weighted by Gasteiger charge is -2.30.